The van der Waals surface area contributed by atoms with Crippen molar-refractivity contribution < 1.29 is 18.3 Å². The van der Waals surface area contributed by atoms with Crippen molar-refractivity contribution in [3.05, 3.63) is 93.0 Å². The van der Waals surface area contributed by atoms with Crippen LogP contribution in [-0.2, 0) is 10.2 Å². The number of hydrogen-bond donors (Lipinski definition) is 2. The molecule has 1 aliphatic rings. The van der Waals surface area contributed by atoms with E-state index >= 15 is 8.78 Å². The Labute approximate surface area is 256 Å². The third kappa shape index (κ3) is 5.99. The van der Waals surface area contributed by atoms with E-state index in [4.69, 9.17) is 27.9 Å². The SMILES string of the molecule is COc1cc(C(C)C)ccc1NC(=O)[C@@H]1NC(CC(C)(C)C)[C@](C#N)(c2ccc(Cl)cc2F)C1c1cccc(Cl)c1F. The molecule has 4 atom stereocenters. The summed E-state index contributed by atoms with van der Waals surface area (Å²) in [6.07, 6.45) is 0.373. The molecule has 9 heteroatoms. The molecule has 0 aliphatic carbocycles. The molecule has 4 rings (SSSR count). The second-order valence-corrected chi connectivity index (χ2v) is 13.1. The molecule has 0 radical (unpaired) electrons. The van der Waals surface area contributed by atoms with E-state index in [0.717, 1.165) is 11.6 Å². The maximum atomic E-state index is 15.8. The Balaban J connectivity index is 1.94. The number of ether oxygens (including phenoxy) is 1. The zero-order chi connectivity index (χ0) is 31.0. The largest absolute Gasteiger partial charge is 0.495 e. The van der Waals surface area contributed by atoms with Crippen LogP contribution in [0, 0.1) is 28.4 Å². The molecule has 3 aromatic carbocycles. The first-order valence-corrected chi connectivity index (χ1v) is 14.5. The number of rotatable bonds is 7. The van der Waals surface area contributed by atoms with Crippen LogP contribution >= 0.6 is 23.2 Å². The van der Waals surface area contributed by atoms with Gasteiger partial charge in [-0.05, 0) is 59.2 Å². The summed E-state index contributed by atoms with van der Waals surface area (Å²) in [5, 5.41) is 17.2. The topological polar surface area (TPSA) is 74.2 Å². The van der Waals surface area contributed by atoms with Crippen molar-refractivity contribution in [3.63, 3.8) is 0 Å². The lowest BCUT2D eigenvalue weighted by Gasteiger charge is -2.37. The van der Waals surface area contributed by atoms with Gasteiger partial charge in [0.2, 0.25) is 5.91 Å². The molecule has 3 aromatic rings. The van der Waals surface area contributed by atoms with Crippen molar-refractivity contribution in [1.82, 2.24) is 5.32 Å². The predicted octanol–water partition coefficient (Wildman–Crippen LogP) is 8.36. The highest BCUT2D eigenvalue weighted by Gasteiger charge is 2.61. The van der Waals surface area contributed by atoms with Crippen LogP contribution in [0.3, 0.4) is 0 Å². The highest BCUT2D eigenvalue weighted by atomic mass is 35.5. The molecule has 0 saturated carbocycles. The summed E-state index contributed by atoms with van der Waals surface area (Å²) in [7, 11) is 1.51. The average molecular weight is 615 g/mol. The third-order valence-electron chi connectivity index (χ3n) is 7.88. The normalized spacial score (nSPS) is 22.2. The first-order chi connectivity index (χ1) is 19.7. The zero-order valence-corrected chi connectivity index (χ0v) is 26.0. The third-order valence-corrected chi connectivity index (χ3v) is 8.41. The number of halogens is 4. The number of nitriles is 1. The summed E-state index contributed by atoms with van der Waals surface area (Å²) in [4.78, 5) is 14.2. The number of benzene rings is 3. The summed E-state index contributed by atoms with van der Waals surface area (Å²) in [5.41, 5.74) is -0.560. The van der Waals surface area contributed by atoms with E-state index in [-0.39, 0.29) is 32.5 Å². The first kappa shape index (κ1) is 31.7. The Kier molecular flexibility index (Phi) is 9.22. The molecule has 0 spiro atoms. The van der Waals surface area contributed by atoms with Crippen molar-refractivity contribution in [2.45, 2.75) is 70.4 Å². The van der Waals surface area contributed by atoms with E-state index < -0.39 is 41.0 Å². The number of methoxy groups -OCH3 is 1. The molecular weight excluding hydrogens is 579 g/mol. The van der Waals surface area contributed by atoms with Crippen LogP contribution in [0.1, 0.15) is 69.6 Å². The van der Waals surface area contributed by atoms with Gasteiger partial charge in [0.15, 0.2) is 0 Å². The molecule has 2 N–H and O–H groups in total. The molecule has 2 unspecified atom stereocenters. The Morgan fingerprint density at radius 3 is 2.45 bits per heavy atom. The van der Waals surface area contributed by atoms with Gasteiger partial charge in [0, 0.05) is 22.5 Å². The number of carbonyl (C=O) groups excluding carboxylic acids is 1. The molecule has 222 valence electrons. The first-order valence-electron chi connectivity index (χ1n) is 13.8. The lowest BCUT2D eigenvalue weighted by Crippen LogP contribution is -2.45. The summed E-state index contributed by atoms with van der Waals surface area (Å²) < 4.78 is 37.2. The molecule has 1 heterocycles. The fraction of sp³-hybridized carbons (Fsp3) is 0.394. The Bertz CT molecular complexity index is 1530. The molecule has 0 bridgehead atoms. The van der Waals surface area contributed by atoms with Crippen molar-refractivity contribution in [2.24, 2.45) is 5.41 Å². The monoisotopic (exact) mass is 613 g/mol. The van der Waals surface area contributed by atoms with Crippen LogP contribution in [0.4, 0.5) is 14.5 Å². The molecule has 5 nitrogen and oxygen atoms in total. The van der Waals surface area contributed by atoms with Crippen LogP contribution < -0.4 is 15.4 Å². The molecular formula is C33H35Cl2F2N3O2. The van der Waals surface area contributed by atoms with E-state index in [0.29, 0.717) is 17.9 Å². The Morgan fingerprint density at radius 1 is 1.14 bits per heavy atom. The second-order valence-electron chi connectivity index (χ2n) is 12.3. The molecule has 1 aliphatic heterocycles. The van der Waals surface area contributed by atoms with E-state index in [1.165, 1.54) is 31.4 Å². The van der Waals surface area contributed by atoms with E-state index in [1.54, 1.807) is 12.1 Å². The minimum Gasteiger partial charge on any atom is -0.495 e. The number of carbonyl (C=O) groups is 1. The molecule has 42 heavy (non-hydrogen) atoms. The van der Waals surface area contributed by atoms with Gasteiger partial charge in [-0.3, -0.25) is 4.79 Å². The molecule has 1 fully saturated rings. The standard InChI is InChI=1S/C33H35Cl2F2N3O2/c1-18(2)19-10-13-25(26(14-19)42-6)39-31(41)30-28(21-8-7-9-23(35)29(21)37)33(17-38,27(40-30)16-32(3,4)5)22-12-11-20(34)15-24(22)36/h7-15,18,27-28,30,40H,16H2,1-6H3,(H,39,41)/t27?,28?,30-,33+/m1/s1. The average Bonchev–Trinajstić information content (AvgIpc) is 3.23. The van der Waals surface area contributed by atoms with Crippen molar-refractivity contribution in [3.8, 4) is 11.8 Å². The van der Waals surface area contributed by atoms with E-state index in [9.17, 15) is 10.1 Å². The lowest BCUT2D eigenvalue weighted by molar-refractivity contribution is -0.118. The Hall–Kier alpha value is -3.18. The zero-order valence-electron chi connectivity index (χ0n) is 24.5. The summed E-state index contributed by atoms with van der Waals surface area (Å²) in [6.45, 7) is 10.0. The van der Waals surface area contributed by atoms with Crippen LogP contribution in [0.15, 0.2) is 54.6 Å². The predicted molar refractivity (Wildman–Crippen MR) is 163 cm³/mol. The number of nitrogens with zero attached hydrogens (tertiary/aromatic N) is 1. The molecule has 1 saturated heterocycles. The van der Waals surface area contributed by atoms with Gasteiger partial charge in [0.1, 0.15) is 22.8 Å². The summed E-state index contributed by atoms with van der Waals surface area (Å²) in [5.74, 6) is -2.48. The van der Waals surface area contributed by atoms with E-state index in [2.05, 4.69) is 16.7 Å². The number of hydrogen-bond acceptors (Lipinski definition) is 4. The lowest BCUT2D eigenvalue weighted by atomic mass is 9.62. The number of nitrogens with one attached hydrogen (secondary N) is 2. The van der Waals surface area contributed by atoms with Gasteiger partial charge in [-0.1, -0.05) is 82.1 Å². The van der Waals surface area contributed by atoms with Gasteiger partial charge in [-0.15, -0.1) is 0 Å². The van der Waals surface area contributed by atoms with Gasteiger partial charge in [0.05, 0.1) is 29.9 Å². The van der Waals surface area contributed by atoms with Gasteiger partial charge in [0.25, 0.3) is 0 Å². The van der Waals surface area contributed by atoms with Crippen LogP contribution in [-0.4, -0.2) is 25.1 Å². The smallest absolute Gasteiger partial charge is 0.242 e. The summed E-state index contributed by atoms with van der Waals surface area (Å²) >= 11 is 12.3. The van der Waals surface area contributed by atoms with Crippen molar-refractivity contribution in [1.29, 1.82) is 5.26 Å². The maximum Gasteiger partial charge on any atom is 0.242 e. The summed E-state index contributed by atoms with van der Waals surface area (Å²) in [6, 6.07) is 14.5. The second kappa shape index (κ2) is 12.2. The van der Waals surface area contributed by atoms with Crippen LogP contribution in [0.25, 0.3) is 0 Å². The Morgan fingerprint density at radius 2 is 1.86 bits per heavy atom. The minimum atomic E-state index is -1.71. The fourth-order valence-corrected chi connectivity index (χ4v) is 6.28. The van der Waals surface area contributed by atoms with Gasteiger partial charge in [-0.25, -0.2) is 8.78 Å². The van der Waals surface area contributed by atoms with Crippen LogP contribution in [0.2, 0.25) is 10.0 Å². The van der Waals surface area contributed by atoms with Gasteiger partial charge < -0.3 is 15.4 Å². The van der Waals surface area contributed by atoms with Gasteiger partial charge >= 0.3 is 0 Å². The fourth-order valence-electron chi connectivity index (χ4n) is 5.94. The van der Waals surface area contributed by atoms with Crippen LogP contribution in [0.5, 0.6) is 5.75 Å². The van der Waals surface area contributed by atoms with Crippen molar-refractivity contribution >= 4 is 34.8 Å². The van der Waals surface area contributed by atoms with E-state index in [1.807, 2.05) is 46.8 Å². The highest BCUT2D eigenvalue weighted by molar-refractivity contribution is 6.31. The molecule has 1 amide bonds. The molecule has 0 aromatic heterocycles. The van der Waals surface area contributed by atoms with Gasteiger partial charge in [-0.2, -0.15) is 5.26 Å². The number of amides is 1. The highest BCUT2D eigenvalue weighted by Crippen LogP contribution is 2.53. The maximum absolute atomic E-state index is 15.8. The van der Waals surface area contributed by atoms with Crippen molar-refractivity contribution in [2.75, 3.05) is 12.4 Å². The quantitative estimate of drug-likeness (QED) is 0.281. The number of anilines is 1. The minimum absolute atomic E-state index is 0.0229.